The number of carbonyl (C=O) groups excluding carboxylic acids is 1. The quantitative estimate of drug-likeness (QED) is 0.837. The third kappa shape index (κ3) is 2.05. The lowest BCUT2D eigenvalue weighted by atomic mass is 10.1. The van der Waals surface area contributed by atoms with Gasteiger partial charge in [-0.3, -0.25) is 9.89 Å². The molecule has 5 nitrogen and oxygen atoms in total. The summed E-state index contributed by atoms with van der Waals surface area (Å²) in [4.78, 5) is 14.7. The second-order valence-electron chi connectivity index (χ2n) is 5.06. The number of H-pyrrole nitrogens is 1. The first kappa shape index (κ1) is 12.7. The van der Waals surface area contributed by atoms with E-state index >= 15 is 0 Å². The summed E-state index contributed by atoms with van der Waals surface area (Å²) in [6.07, 6.45) is 0.927. The van der Waals surface area contributed by atoms with Gasteiger partial charge in [-0.15, -0.1) is 0 Å². The number of hydrogen-bond donors (Lipinski definition) is 2. The third-order valence-electron chi connectivity index (χ3n) is 3.66. The number of hydrogen-bond acceptors (Lipinski definition) is 3. The predicted molar refractivity (Wildman–Crippen MR) is 79.3 cm³/mol. The van der Waals surface area contributed by atoms with Crippen molar-refractivity contribution in [3.05, 3.63) is 41.2 Å². The van der Waals surface area contributed by atoms with Gasteiger partial charge in [-0.1, -0.05) is 12.1 Å². The molecule has 3 rings (SSSR count). The maximum Gasteiger partial charge on any atom is 0.262 e. The Morgan fingerprint density at radius 3 is 2.85 bits per heavy atom. The Labute approximate surface area is 118 Å². The van der Waals surface area contributed by atoms with E-state index in [-0.39, 0.29) is 5.91 Å². The van der Waals surface area contributed by atoms with Crippen LogP contribution in [-0.2, 0) is 0 Å². The number of aromatic nitrogens is 2. The molecule has 104 valence electrons. The number of benzene rings is 1. The highest BCUT2D eigenvalue weighted by Crippen LogP contribution is 2.29. The van der Waals surface area contributed by atoms with E-state index < -0.39 is 0 Å². The maximum absolute atomic E-state index is 12.9. The second-order valence-corrected chi connectivity index (χ2v) is 5.06. The van der Waals surface area contributed by atoms with Crippen molar-refractivity contribution >= 4 is 17.3 Å². The molecule has 1 aliphatic heterocycles. The monoisotopic (exact) mass is 270 g/mol. The smallest absolute Gasteiger partial charge is 0.262 e. The molecule has 0 unspecified atom stereocenters. The summed E-state index contributed by atoms with van der Waals surface area (Å²) in [6, 6.07) is 7.93. The molecule has 5 heteroatoms. The van der Waals surface area contributed by atoms with Crippen LogP contribution < -0.4 is 10.2 Å². The average Bonchev–Trinajstić information content (AvgIpc) is 2.67. The highest BCUT2D eigenvalue weighted by atomic mass is 16.2. The molecule has 1 aromatic carbocycles. The molecule has 1 amide bonds. The van der Waals surface area contributed by atoms with E-state index in [1.807, 2.05) is 43.0 Å². The lowest BCUT2D eigenvalue weighted by Crippen LogP contribution is -2.32. The third-order valence-corrected chi connectivity index (χ3v) is 3.66. The number of aromatic amines is 1. The van der Waals surface area contributed by atoms with Gasteiger partial charge in [0.05, 0.1) is 22.6 Å². The molecule has 0 atom stereocenters. The van der Waals surface area contributed by atoms with E-state index in [1.54, 1.807) is 0 Å². The molecule has 2 heterocycles. The van der Waals surface area contributed by atoms with Gasteiger partial charge in [0.15, 0.2) is 0 Å². The van der Waals surface area contributed by atoms with Crippen molar-refractivity contribution < 1.29 is 4.79 Å². The molecule has 1 aliphatic rings. The number of amides is 1. The number of para-hydroxylation sites is 2. The molecule has 0 saturated heterocycles. The Hall–Kier alpha value is -2.30. The largest absolute Gasteiger partial charge is 0.383 e. The molecule has 20 heavy (non-hydrogen) atoms. The SMILES string of the molecule is Cc1n[nH]c(C)c1C(=O)N1CCCNc2ccccc21. The number of anilines is 2. The van der Waals surface area contributed by atoms with Crippen LogP contribution >= 0.6 is 0 Å². The fourth-order valence-electron chi connectivity index (χ4n) is 2.65. The molecule has 0 spiro atoms. The van der Waals surface area contributed by atoms with Crippen molar-refractivity contribution in [2.24, 2.45) is 0 Å². The minimum Gasteiger partial charge on any atom is -0.383 e. The molecule has 0 fully saturated rings. The molecule has 0 saturated carbocycles. The fraction of sp³-hybridized carbons (Fsp3) is 0.333. The molecular formula is C15H18N4O. The van der Waals surface area contributed by atoms with Crippen molar-refractivity contribution in [2.75, 3.05) is 23.3 Å². The summed E-state index contributed by atoms with van der Waals surface area (Å²) in [6.45, 7) is 5.34. The van der Waals surface area contributed by atoms with E-state index in [9.17, 15) is 4.79 Å². The Kier molecular flexibility index (Phi) is 3.18. The number of carbonyl (C=O) groups is 1. The zero-order chi connectivity index (χ0) is 14.1. The van der Waals surface area contributed by atoms with Gasteiger partial charge < -0.3 is 10.2 Å². The molecule has 0 aliphatic carbocycles. The van der Waals surface area contributed by atoms with Crippen LogP contribution in [0.1, 0.15) is 28.2 Å². The Morgan fingerprint density at radius 2 is 2.10 bits per heavy atom. The zero-order valence-corrected chi connectivity index (χ0v) is 11.7. The molecule has 0 radical (unpaired) electrons. The molecule has 2 aromatic rings. The van der Waals surface area contributed by atoms with Crippen LogP contribution in [0.5, 0.6) is 0 Å². The Balaban J connectivity index is 2.04. The maximum atomic E-state index is 12.9. The van der Waals surface area contributed by atoms with Gasteiger partial charge in [0.2, 0.25) is 0 Å². The highest BCUT2D eigenvalue weighted by molar-refractivity contribution is 6.09. The highest BCUT2D eigenvalue weighted by Gasteiger charge is 2.25. The van der Waals surface area contributed by atoms with Crippen LogP contribution in [0.4, 0.5) is 11.4 Å². The van der Waals surface area contributed by atoms with E-state index in [0.29, 0.717) is 12.1 Å². The summed E-state index contributed by atoms with van der Waals surface area (Å²) in [7, 11) is 0. The van der Waals surface area contributed by atoms with Gasteiger partial charge in [-0.2, -0.15) is 5.10 Å². The molecule has 1 aromatic heterocycles. The zero-order valence-electron chi connectivity index (χ0n) is 11.7. The van der Waals surface area contributed by atoms with E-state index in [1.165, 1.54) is 0 Å². The predicted octanol–water partition coefficient (Wildman–Crippen LogP) is 2.49. The van der Waals surface area contributed by atoms with Crippen LogP contribution in [0.25, 0.3) is 0 Å². The van der Waals surface area contributed by atoms with E-state index in [2.05, 4.69) is 15.5 Å². The van der Waals surface area contributed by atoms with Gasteiger partial charge in [0.1, 0.15) is 0 Å². The standard InChI is InChI=1S/C15H18N4O/c1-10-14(11(2)18-17-10)15(20)19-9-5-8-16-12-6-3-4-7-13(12)19/h3-4,6-7,16H,5,8-9H2,1-2H3,(H,17,18). The van der Waals surface area contributed by atoms with E-state index in [0.717, 1.165) is 35.7 Å². The van der Waals surface area contributed by atoms with Gasteiger partial charge in [0, 0.05) is 18.8 Å². The first-order valence-corrected chi connectivity index (χ1v) is 6.85. The summed E-state index contributed by atoms with van der Waals surface area (Å²) in [5.41, 5.74) is 4.21. The van der Waals surface area contributed by atoms with Gasteiger partial charge in [-0.05, 0) is 32.4 Å². The van der Waals surface area contributed by atoms with Crippen LogP contribution in [0.2, 0.25) is 0 Å². The minimum atomic E-state index is 0.0184. The van der Waals surface area contributed by atoms with Crippen LogP contribution in [0, 0.1) is 13.8 Å². The summed E-state index contributed by atoms with van der Waals surface area (Å²) < 4.78 is 0. The van der Waals surface area contributed by atoms with Crippen LogP contribution in [0.3, 0.4) is 0 Å². The van der Waals surface area contributed by atoms with Gasteiger partial charge >= 0.3 is 0 Å². The summed E-state index contributed by atoms with van der Waals surface area (Å²) in [5.74, 6) is 0.0184. The Bertz CT molecular complexity index is 628. The molecule has 0 bridgehead atoms. The van der Waals surface area contributed by atoms with Crippen molar-refractivity contribution in [3.63, 3.8) is 0 Å². The van der Waals surface area contributed by atoms with Gasteiger partial charge in [-0.25, -0.2) is 0 Å². The average molecular weight is 270 g/mol. The number of rotatable bonds is 1. The fourth-order valence-corrected chi connectivity index (χ4v) is 2.65. The van der Waals surface area contributed by atoms with Crippen molar-refractivity contribution in [1.82, 2.24) is 10.2 Å². The lowest BCUT2D eigenvalue weighted by Gasteiger charge is -2.22. The van der Waals surface area contributed by atoms with E-state index in [4.69, 9.17) is 0 Å². The molecular weight excluding hydrogens is 252 g/mol. The summed E-state index contributed by atoms with van der Waals surface area (Å²) >= 11 is 0. The molecule has 2 N–H and O–H groups in total. The van der Waals surface area contributed by atoms with Crippen molar-refractivity contribution in [1.29, 1.82) is 0 Å². The minimum absolute atomic E-state index is 0.0184. The van der Waals surface area contributed by atoms with Gasteiger partial charge in [0.25, 0.3) is 5.91 Å². The van der Waals surface area contributed by atoms with Crippen molar-refractivity contribution in [3.8, 4) is 0 Å². The van der Waals surface area contributed by atoms with Crippen molar-refractivity contribution in [2.45, 2.75) is 20.3 Å². The first-order valence-electron chi connectivity index (χ1n) is 6.85. The number of nitrogens with zero attached hydrogens (tertiary/aromatic N) is 2. The Morgan fingerprint density at radius 1 is 1.30 bits per heavy atom. The second kappa shape index (κ2) is 5.00. The normalized spacial score (nSPS) is 14.4. The first-order chi connectivity index (χ1) is 9.68. The number of nitrogens with one attached hydrogen (secondary N) is 2. The summed E-state index contributed by atoms with van der Waals surface area (Å²) in [5, 5.41) is 10.4. The lowest BCUT2D eigenvalue weighted by molar-refractivity contribution is 0.0986. The van der Waals surface area contributed by atoms with Crippen LogP contribution in [0.15, 0.2) is 24.3 Å². The van der Waals surface area contributed by atoms with Crippen LogP contribution in [-0.4, -0.2) is 29.2 Å². The number of fused-ring (bicyclic) bond motifs is 1. The topological polar surface area (TPSA) is 61.0 Å². The number of aryl methyl sites for hydroxylation is 2.